The minimum Gasteiger partial charge on any atom is -0.493 e. The average molecular weight is 405 g/mol. The largest absolute Gasteiger partial charge is 0.493 e. The number of methoxy groups -OCH3 is 3. The van der Waals surface area contributed by atoms with Gasteiger partial charge in [0.25, 0.3) is 0 Å². The summed E-state index contributed by atoms with van der Waals surface area (Å²) in [7, 11) is 4.71. The molecule has 1 aliphatic carbocycles. The highest BCUT2D eigenvalue weighted by atomic mass is 16.5. The molecule has 0 radical (unpaired) electrons. The Hall–Kier alpha value is -2.44. The van der Waals surface area contributed by atoms with Crippen molar-refractivity contribution >= 4 is 11.8 Å². The van der Waals surface area contributed by atoms with Crippen molar-refractivity contribution in [1.29, 1.82) is 0 Å². The first-order valence-corrected chi connectivity index (χ1v) is 10.3. The van der Waals surface area contributed by atoms with Gasteiger partial charge in [0.05, 0.1) is 27.2 Å². The first-order chi connectivity index (χ1) is 13.9. The van der Waals surface area contributed by atoms with Crippen LogP contribution < -0.4 is 19.5 Å². The maximum Gasteiger partial charge on any atom is 0.225 e. The van der Waals surface area contributed by atoms with Crippen LogP contribution in [0.3, 0.4) is 0 Å². The molecule has 1 saturated heterocycles. The van der Waals surface area contributed by atoms with Crippen LogP contribution in [-0.4, -0.2) is 57.7 Å². The Bertz CT molecular complexity index is 735. The topological polar surface area (TPSA) is 77.1 Å². The number of amides is 2. The van der Waals surface area contributed by atoms with Crippen molar-refractivity contribution in [3.8, 4) is 17.2 Å². The van der Waals surface area contributed by atoms with E-state index in [1.54, 1.807) is 21.3 Å². The van der Waals surface area contributed by atoms with Gasteiger partial charge in [-0.1, -0.05) is 13.8 Å². The predicted molar refractivity (Wildman–Crippen MR) is 109 cm³/mol. The van der Waals surface area contributed by atoms with Crippen molar-refractivity contribution in [2.45, 2.75) is 32.6 Å². The zero-order valence-corrected chi connectivity index (χ0v) is 18.0. The summed E-state index contributed by atoms with van der Waals surface area (Å²) in [6, 6.07) is 3.78. The first-order valence-electron chi connectivity index (χ1n) is 10.3. The molecule has 3 rings (SSSR count). The number of ether oxygens (including phenoxy) is 3. The lowest BCUT2D eigenvalue weighted by molar-refractivity contribution is -0.132. The molecule has 0 spiro atoms. The first kappa shape index (κ1) is 21.3. The van der Waals surface area contributed by atoms with Crippen LogP contribution in [0.15, 0.2) is 12.1 Å². The third kappa shape index (κ3) is 4.60. The molecule has 1 aromatic carbocycles. The van der Waals surface area contributed by atoms with Crippen LogP contribution in [-0.2, 0) is 9.59 Å². The molecule has 1 saturated carbocycles. The number of carbonyl (C=O) groups excluding carboxylic acids is 2. The van der Waals surface area contributed by atoms with E-state index in [1.807, 2.05) is 17.0 Å². The number of likely N-dealkylation sites (tertiary alicyclic amines) is 1. The summed E-state index contributed by atoms with van der Waals surface area (Å²) in [4.78, 5) is 27.5. The Morgan fingerprint density at radius 1 is 1.07 bits per heavy atom. The quantitative estimate of drug-likeness (QED) is 0.720. The maximum absolute atomic E-state index is 13.0. The zero-order valence-electron chi connectivity index (χ0n) is 18.0. The molecule has 2 amide bonds. The number of rotatable bonds is 8. The van der Waals surface area contributed by atoms with Gasteiger partial charge >= 0.3 is 0 Å². The molecule has 0 bridgehead atoms. The van der Waals surface area contributed by atoms with Gasteiger partial charge in [0, 0.05) is 31.5 Å². The summed E-state index contributed by atoms with van der Waals surface area (Å²) in [5.74, 6) is 1.84. The van der Waals surface area contributed by atoms with E-state index in [1.165, 1.54) is 0 Å². The van der Waals surface area contributed by atoms with Crippen molar-refractivity contribution in [3.63, 3.8) is 0 Å². The average Bonchev–Trinajstić information content (AvgIpc) is 3.48. The van der Waals surface area contributed by atoms with Gasteiger partial charge in [-0.15, -0.1) is 0 Å². The SMILES string of the molecule is COc1cc([C@H]2CN(C(=O)C3CC3)C[C@H]2C(=O)NCC(C)C)cc(OC)c1OC. The molecule has 0 aromatic heterocycles. The second kappa shape index (κ2) is 8.93. The minimum atomic E-state index is -0.306. The monoisotopic (exact) mass is 404 g/mol. The molecular weight excluding hydrogens is 372 g/mol. The van der Waals surface area contributed by atoms with E-state index in [2.05, 4.69) is 19.2 Å². The second-order valence-corrected chi connectivity index (χ2v) is 8.33. The van der Waals surface area contributed by atoms with Gasteiger partial charge in [-0.2, -0.15) is 0 Å². The second-order valence-electron chi connectivity index (χ2n) is 8.33. The molecule has 1 N–H and O–H groups in total. The fourth-order valence-corrected chi connectivity index (χ4v) is 3.93. The van der Waals surface area contributed by atoms with Crippen molar-refractivity contribution in [2.24, 2.45) is 17.8 Å². The Labute approximate surface area is 172 Å². The molecule has 29 heavy (non-hydrogen) atoms. The molecule has 160 valence electrons. The number of carbonyl (C=O) groups is 2. The molecule has 1 aliphatic heterocycles. The highest BCUT2D eigenvalue weighted by Crippen LogP contribution is 2.44. The molecular formula is C22H32N2O5. The third-order valence-electron chi connectivity index (χ3n) is 5.69. The van der Waals surface area contributed by atoms with Crippen molar-refractivity contribution < 1.29 is 23.8 Å². The lowest BCUT2D eigenvalue weighted by Crippen LogP contribution is -2.37. The van der Waals surface area contributed by atoms with Gasteiger partial charge in [-0.05, 0) is 36.5 Å². The van der Waals surface area contributed by atoms with Gasteiger partial charge in [0.15, 0.2) is 11.5 Å². The minimum absolute atomic E-state index is 0.0106. The van der Waals surface area contributed by atoms with Crippen molar-refractivity contribution in [1.82, 2.24) is 10.2 Å². The van der Waals surface area contributed by atoms with Crippen LogP contribution in [0.1, 0.15) is 38.2 Å². The van der Waals surface area contributed by atoms with Gasteiger partial charge in [0.1, 0.15) is 0 Å². The molecule has 2 aliphatic rings. The summed E-state index contributed by atoms with van der Waals surface area (Å²) >= 11 is 0. The summed E-state index contributed by atoms with van der Waals surface area (Å²) in [5, 5.41) is 3.04. The van der Waals surface area contributed by atoms with Crippen molar-refractivity contribution in [2.75, 3.05) is 41.0 Å². The summed E-state index contributed by atoms with van der Waals surface area (Å²) in [5.41, 5.74) is 0.912. The molecule has 0 unspecified atom stereocenters. The van der Waals surface area contributed by atoms with E-state index in [-0.39, 0.29) is 29.6 Å². The van der Waals surface area contributed by atoms with Crippen LogP contribution in [0.4, 0.5) is 0 Å². The lowest BCUT2D eigenvalue weighted by atomic mass is 9.87. The van der Waals surface area contributed by atoms with Crippen molar-refractivity contribution in [3.05, 3.63) is 17.7 Å². The summed E-state index contributed by atoms with van der Waals surface area (Å²) in [6.07, 6.45) is 1.91. The van der Waals surface area contributed by atoms with Crippen LogP contribution in [0.25, 0.3) is 0 Å². The molecule has 2 atom stereocenters. The third-order valence-corrected chi connectivity index (χ3v) is 5.69. The van der Waals surface area contributed by atoms with Crippen LogP contribution in [0.2, 0.25) is 0 Å². The Balaban J connectivity index is 1.92. The smallest absolute Gasteiger partial charge is 0.225 e. The maximum atomic E-state index is 13.0. The lowest BCUT2D eigenvalue weighted by Gasteiger charge is -2.21. The van der Waals surface area contributed by atoms with Crippen LogP contribution >= 0.6 is 0 Å². The standard InChI is InChI=1S/C22H32N2O5/c1-13(2)10-23-21(25)17-12-24(22(26)14-6-7-14)11-16(17)15-8-18(27-3)20(29-5)19(9-15)28-4/h8-9,13-14,16-17H,6-7,10-12H2,1-5H3,(H,23,25)/t16-,17-/m1/s1. The summed E-state index contributed by atoms with van der Waals surface area (Å²) < 4.78 is 16.4. The number of nitrogens with one attached hydrogen (secondary N) is 1. The van der Waals surface area contributed by atoms with E-state index in [9.17, 15) is 9.59 Å². The molecule has 7 heteroatoms. The normalized spacial score (nSPS) is 21.2. The predicted octanol–water partition coefficient (Wildman–Crippen LogP) is 2.44. The summed E-state index contributed by atoms with van der Waals surface area (Å²) in [6.45, 7) is 5.71. The van der Waals surface area contributed by atoms with E-state index in [0.717, 1.165) is 18.4 Å². The fraction of sp³-hybridized carbons (Fsp3) is 0.636. The Kier molecular flexibility index (Phi) is 6.55. The highest BCUT2D eigenvalue weighted by Gasteiger charge is 2.44. The highest BCUT2D eigenvalue weighted by molar-refractivity contribution is 5.85. The van der Waals surface area contributed by atoms with Gasteiger partial charge < -0.3 is 24.4 Å². The van der Waals surface area contributed by atoms with Gasteiger partial charge in [-0.25, -0.2) is 0 Å². The number of benzene rings is 1. The number of hydrogen-bond donors (Lipinski definition) is 1. The van der Waals surface area contributed by atoms with Gasteiger partial charge in [0.2, 0.25) is 17.6 Å². The van der Waals surface area contributed by atoms with Crippen LogP contribution in [0.5, 0.6) is 17.2 Å². The van der Waals surface area contributed by atoms with Gasteiger partial charge in [-0.3, -0.25) is 9.59 Å². The number of hydrogen-bond acceptors (Lipinski definition) is 5. The number of nitrogens with zero attached hydrogens (tertiary/aromatic N) is 1. The van der Waals surface area contributed by atoms with Crippen LogP contribution in [0, 0.1) is 17.8 Å². The Morgan fingerprint density at radius 3 is 2.17 bits per heavy atom. The van der Waals surface area contributed by atoms with E-state index < -0.39 is 0 Å². The van der Waals surface area contributed by atoms with E-state index in [4.69, 9.17) is 14.2 Å². The zero-order chi connectivity index (χ0) is 21.1. The van der Waals surface area contributed by atoms with E-state index in [0.29, 0.717) is 42.8 Å². The fourth-order valence-electron chi connectivity index (χ4n) is 3.93. The molecule has 7 nitrogen and oxygen atoms in total. The molecule has 2 fully saturated rings. The Morgan fingerprint density at radius 2 is 1.69 bits per heavy atom. The molecule has 1 aromatic rings. The van der Waals surface area contributed by atoms with E-state index >= 15 is 0 Å². The molecule has 1 heterocycles.